The molecule has 1 atom stereocenters. The summed E-state index contributed by atoms with van der Waals surface area (Å²) >= 11 is 0. The van der Waals surface area contributed by atoms with Crippen molar-refractivity contribution in [3.63, 3.8) is 0 Å². The molecule has 3 aromatic rings. The largest absolute Gasteiger partial charge is 0.429 e. The van der Waals surface area contributed by atoms with E-state index in [1.165, 1.54) is 38.0 Å². The van der Waals surface area contributed by atoms with Crippen LogP contribution >= 0.6 is 0 Å². The Morgan fingerprint density at radius 1 is 0.786 bits per heavy atom. The summed E-state index contributed by atoms with van der Waals surface area (Å²) in [7, 11) is 4.75. The fraction of sp³-hybridized carbons (Fsp3) is 0.250. The standard InChI is InChI=1S/C10H20O5Si.2C9H10.C8H8/c1-7(2)8(11)15-10(16,14-6)9(3,12-4)13-5;1-8(2)9-6-4-3-5-7-9;1-2-6-9-7-4-3-5-8-9;1-2-8-6-4-3-5-7-8/h1H2,2-6,16H3;3-7H,1H2,2H3;2-5,7-8H,1,6H2;2-7H,1H2. The van der Waals surface area contributed by atoms with Crippen LogP contribution in [0, 0.1) is 0 Å². The van der Waals surface area contributed by atoms with Crippen molar-refractivity contribution in [2.24, 2.45) is 0 Å². The van der Waals surface area contributed by atoms with Gasteiger partial charge in [0.25, 0.3) is 0 Å². The molecule has 1 unspecified atom stereocenters. The smallest absolute Gasteiger partial charge is 0.335 e. The zero-order chi connectivity index (χ0) is 32.0. The lowest BCUT2D eigenvalue weighted by Gasteiger charge is -2.41. The minimum atomic E-state index is -1.22. The number of benzene rings is 3. The highest BCUT2D eigenvalue weighted by atomic mass is 28.1. The molecule has 0 aliphatic carbocycles. The number of hydrogen-bond donors (Lipinski definition) is 0. The summed E-state index contributed by atoms with van der Waals surface area (Å²) in [6, 6.07) is 30.5. The van der Waals surface area contributed by atoms with Crippen molar-refractivity contribution in [1.82, 2.24) is 0 Å². The maximum absolute atomic E-state index is 11.5. The fourth-order valence-electron chi connectivity index (χ4n) is 3.13. The molecule has 0 bridgehead atoms. The lowest BCUT2D eigenvalue weighted by Crippen LogP contribution is -2.59. The number of carbonyl (C=O) groups is 1. The van der Waals surface area contributed by atoms with E-state index in [2.05, 4.69) is 50.6 Å². The average Bonchev–Trinajstić information content (AvgIpc) is 3.02. The Bertz CT molecular complexity index is 1210. The molecule has 6 heteroatoms. The van der Waals surface area contributed by atoms with Gasteiger partial charge in [0.15, 0.2) is 0 Å². The lowest BCUT2D eigenvalue weighted by atomic mass is 10.1. The third-order valence-corrected chi connectivity index (χ3v) is 7.67. The molecule has 0 heterocycles. The van der Waals surface area contributed by atoms with Crippen LogP contribution in [0.15, 0.2) is 129 Å². The number of ether oxygens (including phenoxy) is 4. The molecule has 0 saturated carbocycles. The summed E-state index contributed by atoms with van der Waals surface area (Å²) in [5.74, 6) is -1.67. The van der Waals surface area contributed by atoms with Gasteiger partial charge in [0.05, 0.1) is 0 Å². The van der Waals surface area contributed by atoms with E-state index in [9.17, 15) is 4.79 Å². The van der Waals surface area contributed by atoms with Gasteiger partial charge < -0.3 is 18.9 Å². The number of rotatable bonds is 10. The SMILES string of the molecule is C=C(C)C(=O)OC([SiH3])(OC)C(C)(OC)OC.C=C(C)c1ccccc1.C=CCc1ccccc1.C=Cc1ccccc1. The van der Waals surface area contributed by atoms with Gasteiger partial charge in [-0.25, -0.2) is 4.79 Å². The lowest BCUT2D eigenvalue weighted by molar-refractivity contribution is -0.336. The molecule has 0 N–H and O–H groups in total. The molecular weight excluding hydrogens is 540 g/mol. The van der Waals surface area contributed by atoms with E-state index in [-0.39, 0.29) is 0 Å². The van der Waals surface area contributed by atoms with Crippen LogP contribution in [0.3, 0.4) is 0 Å². The van der Waals surface area contributed by atoms with E-state index >= 15 is 0 Å². The Labute approximate surface area is 256 Å². The van der Waals surface area contributed by atoms with Gasteiger partial charge in [-0.05, 0) is 43.9 Å². The molecule has 0 fully saturated rings. The predicted octanol–water partition coefficient (Wildman–Crippen LogP) is 7.24. The van der Waals surface area contributed by atoms with Crippen LogP contribution in [0.1, 0.15) is 37.5 Å². The molecule has 42 heavy (non-hydrogen) atoms. The van der Waals surface area contributed by atoms with Crippen LogP contribution in [0.25, 0.3) is 11.6 Å². The first-order valence-corrected chi connectivity index (χ1v) is 14.5. The number of allylic oxidation sites excluding steroid dienone is 2. The molecule has 0 radical (unpaired) electrons. The van der Waals surface area contributed by atoms with Gasteiger partial charge in [0.1, 0.15) is 10.2 Å². The molecule has 0 spiro atoms. The number of hydrogen-bond acceptors (Lipinski definition) is 5. The second-order valence-electron chi connectivity index (χ2n) is 9.41. The predicted molar refractivity (Wildman–Crippen MR) is 181 cm³/mol. The Morgan fingerprint density at radius 3 is 1.55 bits per heavy atom. The minimum absolute atomic E-state index is 0.298. The summed E-state index contributed by atoms with van der Waals surface area (Å²) in [5, 5.41) is 0. The zero-order valence-electron chi connectivity index (χ0n) is 26.4. The number of esters is 1. The first kappa shape index (κ1) is 38.2. The van der Waals surface area contributed by atoms with E-state index in [0.717, 1.165) is 12.0 Å². The maximum atomic E-state index is 11.5. The third-order valence-electron chi connectivity index (χ3n) is 6.15. The molecule has 226 valence electrons. The van der Waals surface area contributed by atoms with Crippen LogP contribution in [0.5, 0.6) is 0 Å². The van der Waals surface area contributed by atoms with Gasteiger partial charge in [-0.15, -0.1) is 6.58 Å². The quantitative estimate of drug-likeness (QED) is 0.0821. The van der Waals surface area contributed by atoms with Crippen LogP contribution in [0.2, 0.25) is 0 Å². The van der Waals surface area contributed by atoms with Crippen molar-refractivity contribution >= 4 is 27.9 Å². The van der Waals surface area contributed by atoms with E-state index < -0.39 is 17.2 Å². The van der Waals surface area contributed by atoms with Gasteiger partial charge in [0.2, 0.25) is 11.2 Å². The van der Waals surface area contributed by atoms with Crippen molar-refractivity contribution in [3.8, 4) is 0 Å². The maximum Gasteiger partial charge on any atom is 0.335 e. The van der Waals surface area contributed by atoms with Crippen LogP contribution in [-0.2, 0) is 30.2 Å². The Kier molecular flexibility index (Phi) is 19.1. The summed E-state index contributed by atoms with van der Waals surface area (Å²) in [4.78, 5) is 11.5. The number of carbonyl (C=O) groups excluding carboxylic acids is 1. The summed E-state index contributed by atoms with van der Waals surface area (Å²) < 4.78 is 20.9. The summed E-state index contributed by atoms with van der Waals surface area (Å²) in [6.45, 7) is 19.8. The molecule has 0 saturated heterocycles. The fourth-order valence-corrected chi connectivity index (χ4v) is 3.72. The van der Waals surface area contributed by atoms with Crippen LogP contribution in [-0.4, -0.2) is 48.7 Å². The third kappa shape index (κ3) is 14.2. The molecule has 3 rings (SSSR count). The van der Waals surface area contributed by atoms with Crippen LogP contribution < -0.4 is 0 Å². The summed E-state index contributed by atoms with van der Waals surface area (Å²) in [5.41, 5.74) is 3.92. The normalized spacial score (nSPS) is 11.4. The molecule has 0 amide bonds. The second kappa shape index (κ2) is 21.0. The van der Waals surface area contributed by atoms with Crippen LogP contribution in [0.4, 0.5) is 0 Å². The molecule has 3 aromatic carbocycles. The topological polar surface area (TPSA) is 54.0 Å². The summed E-state index contributed by atoms with van der Waals surface area (Å²) in [6.07, 6.45) is 4.72. The van der Waals surface area contributed by atoms with E-state index in [1.807, 2.05) is 85.8 Å². The zero-order valence-corrected chi connectivity index (χ0v) is 28.4. The van der Waals surface area contributed by atoms with Crippen molar-refractivity contribution in [2.75, 3.05) is 21.3 Å². The number of methoxy groups -OCH3 is 3. The van der Waals surface area contributed by atoms with E-state index in [4.69, 9.17) is 18.9 Å². The van der Waals surface area contributed by atoms with Crippen molar-refractivity contribution in [3.05, 3.63) is 146 Å². The van der Waals surface area contributed by atoms with Gasteiger partial charge >= 0.3 is 5.97 Å². The van der Waals surface area contributed by atoms with Gasteiger partial charge in [0, 0.05) is 26.9 Å². The van der Waals surface area contributed by atoms with Crippen molar-refractivity contribution < 1.29 is 23.7 Å². The highest BCUT2D eigenvalue weighted by Gasteiger charge is 2.49. The van der Waals surface area contributed by atoms with E-state index in [0.29, 0.717) is 15.8 Å². The van der Waals surface area contributed by atoms with E-state index in [1.54, 1.807) is 13.8 Å². The van der Waals surface area contributed by atoms with Gasteiger partial charge in [-0.3, -0.25) is 0 Å². The minimum Gasteiger partial charge on any atom is -0.429 e. The molecule has 0 aliphatic heterocycles. The highest BCUT2D eigenvalue weighted by molar-refractivity contribution is 6.15. The average molecular weight is 589 g/mol. The highest BCUT2D eigenvalue weighted by Crippen LogP contribution is 2.29. The first-order valence-electron chi connectivity index (χ1n) is 13.5. The molecule has 5 nitrogen and oxygen atoms in total. The van der Waals surface area contributed by atoms with Crippen molar-refractivity contribution in [2.45, 2.75) is 38.4 Å². The van der Waals surface area contributed by atoms with Crippen molar-refractivity contribution in [1.29, 1.82) is 0 Å². The molecule has 0 aliphatic rings. The second-order valence-corrected chi connectivity index (χ2v) is 10.7. The van der Waals surface area contributed by atoms with Gasteiger partial charge in [-0.2, -0.15) is 0 Å². The Morgan fingerprint density at radius 2 is 1.24 bits per heavy atom. The molecular formula is C36H48O5Si. The monoisotopic (exact) mass is 588 g/mol. The van der Waals surface area contributed by atoms with Gasteiger partial charge in [-0.1, -0.05) is 128 Å². The Hall–Kier alpha value is -3.81. The first-order chi connectivity index (χ1) is 19.9. The Balaban J connectivity index is 0.000000557. The molecule has 0 aromatic heterocycles.